The Morgan fingerprint density at radius 2 is 1.80 bits per heavy atom. The van der Waals surface area contributed by atoms with Crippen LogP contribution in [0, 0.1) is 0 Å². The number of amides is 1. The van der Waals surface area contributed by atoms with Crippen LogP contribution in [0.4, 0.5) is 4.79 Å². The van der Waals surface area contributed by atoms with Crippen molar-refractivity contribution in [2.24, 2.45) is 4.40 Å². The summed E-state index contributed by atoms with van der Waals surface area (Å²) in [6.45, 7) is 3.79. The Kier molecular flexibility index (Phi) is 9.96. The zero-order chi connectivity index (χ0) is 8.57. The van der Waals surface area contributed by atoms with Crippen molar-refractivity contribution in [2.45, 2.75) is 13.8 Å². The molecule has 0 rings (SSSR count). The van der Waals surface area contributed by atoms with Crippen LogP contribution in [-0.2, 0) is 0 Å². The molecule has 5 heteroatoms. The average Bonchev–Trinajstić information content (AvgIpc) is 1.89. The van der Waals surface area contributed by atoms with Gasteiger partial charge >= 0.3 is 6.09 Å². The molecular weight excluding hydrogens is 152 g/mol. The Hall–Kier alpha value is -0.710. The third-order valence-corrected chi connectivity index (χ3v) is 0.814. The molecule has 0 aromatic carbocycles. The molecule has 0 spiro atoms. The summed E-state index contributed by atoms with van der Waals surface area (Å²) in [7, 11) is 1.35. The topological polar surface area (TPSA) is 61.7 Å². The quantitative estimate of drug-likeness (QED) is 0.372. The van der Waals surface area contributed by atoms with Gasteiger partial charge in [0, 0.05) is 12.8 Å². The van der Waals surface area contributed by atoms with Crippen LogP contribution in [0.1, 0.15) is 13.8 Å². The Balaban J connectivity index is 0. The fourth-order valence-electron chi connectivity index (χ4n) is 0. The van der Waals surface area contributed by atoms with Crippen LogP contribution >= 0.6 is 12.8 Å². The summed E-state index contributed by atoms with van der Waals surface area (Å²) in [6, 6.07) is 0. The van der Waals surface area contributed by atoms with E-state index in [1.165, 1.54) is 7.05 Å². The summed E-state index contributed by atoms with van der Waals surface area (Å²) in [4.78, 5) is 9.26. The molecule has 4 nitrogen and oxygen atoms in total. The van der Waals surface area contributed by atoms with E-state index in [1.807, 2.05) is 19.2 Å². The molecule has 0 bridgehead atoms. The van der Waals surface area contributed by atoms with Crippen LogP contribution in [0.2, 0.25) is 0 Å². The van der Waals surface area contributed by atoms with Gasteiger partial charge in [-0.1, -0.05) is 0 Å². The summed E-state index contributed by atoms with van der Waals surface area (Å²) in [6.07, 6.45) is -0.995. The van der Waals surface area contributed by atoms with E-state index in [4.69, 9.17) is 5.11 Å². The van der Waals surface area contributed by atoms with E-state index in [-0.39, 0.29) is 0 Å². The van der Waals surface area contributed by atoms with E-state index < -0.39 is 6.09 Å². The molecule has 0 aliphatic rings. The number of hydrogen-bond acceptors (Lipinski definition) is 3. The van der Waals surface area contributed by atoms with E-state index in [0.717, 1.165) is 5.71 Å². The fourth-order valence-corrected chi connectivity index (χ4v) is 0. The van der Waals surface area contributed by atoms with E-state index in [2.05, 4.69) is 17.2 Å². The Bertz CT molecular complexity index is 121. The van der Waals surface area contributed by atoms with Gasteiger partial charge in [-0.3, -0.25) is 0 Å². The molecule has 0 radical (unpaired) electrons. The van der Waals surface area contributed by atoms with Crippen molar-refractivity contribution in [1.29, 1.82) is 0 Å². The maximum Gasteiger partial charge on any atom is 0.404 e. The third-order valence-electron chi connectivity index (χ3n) is 0.414. The Morgan fingerprint density at radius 3 is 1.80 bits per heavy atom. The fraction of sp³-hybridized carbons (Fsp3) is 0.600. The van der Waals surface area contributed by atoms with Crippen LogP contribution in [0.15, 0.2) is 4.40 Å². The minimum atomic E-state index is -0.995. The van der Waals surface area contributed by atoms with Crippen molar-refractivity contribution in [3.8, 4) is 0 Å². The second-order valence-electron chi connectivity index (χ2n) is 1.60. The first kappa shape index (κ1) is 12.0. The summed E-state index contributed by atoms with van der Waals surface area (Å²) in [5.41, 5.74) is 0.994. The molecule has 2 N–H and O–H groups in total. The van der Waals surface area contributed by atoms with Crippen molar-refractivity contribution in [3.63, 3.8) is 0 Å². The lowest BCUT2D eigenvalue weighted by atomic mass is 10.5. The van der Waals surface area contributed by atoms with Gasteiger partial charge in [0.2, 0.25) is 0 Å². The Labute approximate surface area is 65.9 Å². The Morgan fingerprint density at radius 1 is 1.60 bits per heavy atom. The predicted molar refractivity (Wildman–Crippen MR) is 44.9 cm³/mol. The molecule has 0 saturated heterocycles. The highest BCUT2D eigenvalue weighted by molar-refractivity contribution is 7.79. The zero-order valence-electron chi connectivity index (χ0n) is 6.25. The maximum atomic E-state index is 9.26. The average molecular weight is 164 g/mol. The van der Waals surface area contributed by atoms with Crippen molar-refractivity contribution < 1.29 is 9.90 Å². The van der Waals surface area contributed by atoms with E-state index in [1.54, 1.807) is 0 Å². The van der Waals surface area contributed by atoms with Gasteiger partial charge in [-0.05, 0) is 26.7 Å². The zero-order valence-corrected chi connectivity index (χ0v) is 7.14. The van der Waals surface area contributed by atoms with Crippen LogP contribution in [0.5, 0.6) is 0 Å². The first-order valence-corrected chi connectivity index (χ1v) is 3.00. The van der Waals surface area contributed by atoms with Gasteiger partial charge in [-0.2, -0.15) is 0 Å². The molecule has 10 heavy (non-hydrogen) atoms. The second-order valence-corrected chi connectivity index (χ2v) is 1.80. The first-order valence-electron chi connectivity index (χ1n) is 2.60. The van der Waals surface area contributed by atoms with E-state index in [9.17, 15) is 4.79 Å². The number of carboxylic acid groups (broad SMARTS) is 1. The number of carbonyl (C=O) groups is 1. The minimum Gasteiger partial charge on any atom is -0.465 e. The molecule has 0 unspecified atom stereocenters. The first-order chi connectivity index (χ1) is 4.54. The highest BCUT2D eigenvalue weighted by atomic mass is 32.1. The van der Waals surface area contributed by atoms with Crippen LogP contribution in [-0.4, -0.2) is 24.0 Å². The summed E-state index contributed by atoms with van der Waals surface area (Å²) in [5, 5.41) is 9.56. The predicted octanol–water partition coefficient (Wildman–Crippen LogP) is 1.20. The van der Waals surface area contributed by atoms with E-state index >= 15 is 0 Å². The van der Waals surface area contributed by atoms with Crippen LogP contribution in [0.3, 0.4) is 0 Å². The lowest BCUT2D eigenvalue weighted by molar-refractivity contribution is 0.197. The molecule has 0 aromatic heterocycles. The molecular formula is C5H12N2O2S. The standard InChI is InChI=1S/C3H7NS.C2H5NO2/c1-3(2)4-5;1-3-2(4)5/h5H,1-2H3;3H,1H3,(H,4,5). The number of hydrogen-bond donors (Lipinski definition) is 3. The smallest absolute Gasteiger partial charge is 0.404 e. The summed E-state index contributed by atoms with van der Waals surface area (Å²) >= 11 is 3.60. The van der Waals surface area contributed by atoms with Crippen molar-refractivity contribution >= 4 is 24.6 Å². The lowest BCUT2D eigenvalue weighted by Gasteiger charge is -1.78. The summed E-state index contributed by atoms with van der Waals surface area (Å²) in [5.74, 6) is 0. The van der Waals surface area contributed by atoms with Crippen LogP contribution < -0.4 is 5.32 Å². The molecule has 60 valence electrons. The molecule has 0 aliphatic heterocycles. The highest BCUT2D eigenvalue weighted by Crippen LogP contribution is 1.75. The van der Waals surface area contributed by atoms with E-state index in [0.29, 0.717) is 0 Å². The molecule has 0 fully saturated rings. The van der Waals surface area contributed by atoms with Crippen molar-refractivity contribution in [1.82, 2.24) is 5.32 Å². The van der Waals surface area contributed by atoms with Gasteiger partial charge in [0.1, 0.15) is 0 Å². The lowest BCUT2D eigenvalue weighted by Crippen LogP contribution is -2.13. The minimum absolute atomic E-state index is 0.994. The monoisotopic (exact) mass is 164 g/mol. The van der Waals surface area contributed by atoms with Crippen LogP contribution in [0.25, 0.3) is 0 Å². The maximum absolute atomic E-state index is 9.26. The van der Waals surface area contributed by atoms with Gasteiger partial charge in [0.15, 0.2) is 0 Å². The summed E-state index contributed by atoms with van der Waals surface area (Å²) < 4.78 is 3.50. The molecule has 0 heterocycles. The molecule has 1 amide bonds. The van der Waals surface area contributed by atoms with Gasteiger partial charge in [0.05, 0.1) is 0 Å². The van der Waals surface area contributed by atoms with Gasteiger partial charge < -0.3 is 10.4 Å². The van der Waals surface area contributed by atoms with Crippen molar-refractivity contribution in [2.75, 3.05) is 7.05 Å². The van der Waals surface area contributed by atoms with Gasteiger partial charge in [0.25, 0.3) is 0 Å². The van der Waals surface area contributed by atoms with Crippen molar-refractivity contribution in [3.05, 3.63) is 0 Å². The van der Waals surface area contributed by atoms with Gasteiger partial charge in [-0.25, -0.2) is 9.19 Å². The molecule has 0 atom stereocenters. The number of nitrogens with one attached hydrogen (secondary N) is 1. The number of thiol groups is 1. The SMILES string of the molecule is CC(C)=NS.CNC(=O)O. The molecule has 0 aliphatic carbocycles. The normalized spacial score (nSPS) is 6.80. The third kappa shape index (κ3) is 26.6. The second kappa shape index (κ2) is 8.29. The van der Waals surface area contributed by atoms with Gasteiger partial charge in [-0.15, -0.1) is 0 Å². The number of rotatable bonds is 0. The largest absolute Gasteiger partial charge is 0.465 e. The number of nitrogens with zero attached hydrogens (tertiary/aromatic N) is 1. The molecule has 0 aromatic rings. The molecule has 0 saturated carbocycles. The highest BCUT2D eigenvalue weighted by Gasteiger charge is 1.76.